The number of hydrogen-bond acceptors (Lipinski definition) is 5. The summed E-state index contributed by atoms with van der Waals surface area (Å²) in [5.41, 5.74) is 7.13. The number of halogens is 1. The third-order valence-corrected chi connectivity index (χ3v) is 3.42. The topological polar surface area (TPSA) is 69.1 Å². The number of hydrogen-bond donors (Lipinski definition) is 1. The summed E-state index contributed by atoms with van der Waals surface area (Å²) < 4.78 is 1.63. The van der Waals surface area contributed by atoms with Crippen molar-refractivity contribution < 1.29 is 0 Å². The van der Waals surface area contributed by atoms with Gasteiger partial charge in [0.1, 0.15) is 11.3 Å². The first-order valence-corrected chi connectivity index (χ1v) is 5.66. The first kappa shape index (κ1) is 9.56. The average molecular weight is 252 g/mol. The second-order valence-corrected chi connectivity index (χ2v) is 4.56. The van der Waals surface area contributed by atoms with Crippen LogP contribution in [0.25, 0.3) is 15.5 Å². The molecule has 0 saturated carbocycles. The van der Waals surface area contributed by atoms with Crippen LogP contribution in [0.15, 0.2) is 24.5 Å². The molecule has 3 rings (SSSR count). The molecule has 2 heterocycles. The number of fused-ring (bicyclic) bond motifs is 1. The van der Waals surface area contributed by atoms with Crippen molar-refractivity contribution in [2.45, 2.75) is 0 Å². The SMILES string of the molecule is Nc1ccc(-c2nn3cnnc3s2)cc1Cl. The predicted octanol–water partition coefficient (Wildman–Crippen LogP) is 2.09. The summed E-state index contributed by atoms with van der Waals surface area (Å²) in [5.74, 6) is 0. The largest absolute Gasteiger partial charge is 0.398 e. The van der Waals surface area contributed by atoms with Crippen LogP contribution in [0, 0.1) is 0 Å². The van der Waals surface area contributed by atoms with Crippen molar-refractivity contribution in [3.63, 3.8) is 0 Å². The van der Waals surface area contributed by atoms with E-state index in [0.29, 0.717) is 10.7 Å². The lowest BCUT2D eigenvalue weighted by Gasteiger charge is -1.99. The zero-order valence-corrected chi connectivity index (χ0v) is 9.53. The van der Waals surface area contributed by atoms with E-state index in [0.717, 1.165) is 15.5 Å². The van der Waals surface area contributed by atoms with Crippen LogP contribution in [-0.4, -0.2) is 19.8 Å². The lowest BCUT2D eigenvalue weighted by molar-refractivity contribution is 0.960. The summed E-state index contributed by atoms with van der Waals surface area (Å²) in [6.07, 6.45) is 1.56. The van der Waals surface area contributed by atoms with Crippen molar-refractivity contribution >= 4 is 33.6 Å². The highest BCUT2D eigenvalue weighted by atomic mass is 35.5. The maximum Gasteiger partial charge on any atom is 0.234 e. The van der Waals surface area contributed by atoms with Crippen LogP contribution < -0.4 is 5.73 Å². The van der Waals surface area contributed by atoms with Crippen LogP contribution in [-0.2, 0) is 0 Å². The van der Waals surface area contributed by atoms with E-state index in [1.54, 1.807) is 23.0 Å². The van der Waals surface area contributed by atoms with Gasteiger partial charge in [0.2, 0.25) is 4.96 Å². The fraction of sp³-hybridized carbons (Fsp3) is 0. The van der Waals surface area contributed by atoms with Gasteiger partial charge in [-0.05, 0) is 18.2 Å². The van der Waals surface area contributed by atoms with Gasteiger partial charge in [-0.1, -0.05) is 22.9 Å². The van der Waals surface area contributed by atoms with Gasteiger partial charge in [-0.15, -0.1) is 10.2 Å². The van der Waals surface area contributed by atoms with Crippen LogP contribution >= 0.6 is 22.9 Å². The van der Waals surface area contributed by atoms with Crippen molar-refractivity contribution in [3.05, 3.63) is 29.5 Å². The molecule has 0 unspecified atom stereocenters. The first-order chi connectivity index (χ1) is 7.74. The molecule has 7 heteroatoms. The minimum absolute atomic E-state index is 0.531. The number of benzene rings is 1. The second-order valence-electron chi connectivity index (χ2n) is 3.20. The molecular formula is C9H6ClN5S. The number of anilines is 1. The van der Waals surface area contributed by atoms with Gasteiger partial charge in [0.25, 0.3) is 0 Å². The molecule has 0 aliphatic rings. The van der Waals surface area contributed by atoms with E-state index in [1.807, 2.05) is 6.07 Å². The maximum absolute atomic E-state index is 5.95. The smallest absolute Gasteiger partial charge is 0.234 e. The minimum atomic E-state index is 0.531. The van der Waals surface area contributed by atoms with Gasteiger partial charge in [-0.25, -0.2) is 0 Å². The van der Waals surface area contributed by atoms with Crippen LogP contribution in [0.3, 0.4) is 0 Å². The molecule has 0 amide bonds. The van der Waals surface area contributed by atoms with Crippen LogP contribution in [0.2, 0.25) is 5.02 Å². The Morgan fingerprint density at radius 2 is 2.25 bits per heavy atom. The number of nitrogens with zero attached hydrogens (tertiary/aromatic N) is 4. The summed E-state index contributed by atoms with van der Waals surface area (Å²) in [5, 5.41) is 13.4. The molecule has 0 fully saturated rings. The fourth-order valence-corrected chi connectivity index (χ4v) is 2.33. The molecule has 2 aromatic heterocycles. The Morgan fingerprint density at radius 3 is 3.00 bits per heavy atom. The van der Waals surface area contributed by atoms with Crippen molar-refractivity contribution in [1.29, 1.82) is 0 Å². The molecule has 0 saturated heterocycles. The molecule has 2 N–H and O–H groups in total. The summed E-state index contributed by atoms with van der Waals surface area (Å²) >= 11 is 7.40. The molecule has 0 radical (unpaired) electrons. The van der Waals surface area contributed by atoms with Gasteiger partial charge in [-0.2, -0.15) is 9.61 Å². The summed E-state index contributed by atoms with van der Waals surface area (Å²) in [7, 11) is 0. The van der Waals surface area contributed by atoms with Gasteiger partial charge < -0.3 is 5.73 Å². The monoisotopic (exact) mass is 251 g/mol. The molecule has 5 nitrogen and oxygen atoms in total. The van der Waals surface area contributed by atoms with E-state index < -0.39 is 0 Å². The Morgan fingerprint density at radius 1 is 1.38 bits per heavy atom. The molecule has 0 atom stereocenters. The molecule has 0 spiro atoms. The summed E-state index contributed by atoms with van der Waals surface area (Å²) in [6.45, 7) is 0. The Balaban J connectivity index is 2.15. The van der Waals surface area contributed by atoms with Gasteiger partial charge in [0.05, 0.1) is 10.7 Å². The van der Waals surface area contributed by atoms with E-state index in [4.69, 9.17) is 17.3 Å². The third kappa shape index (κ3) is 1.43. The molecule has 80 valence electrons. The highest BCUT2D eigenvalue weighted by molar-refractivity contribution is 7.19. The van der Waals surface area contributed by atoms with E-state index in [-0.39, 0.29) is 0 Å². The zero-order valence-electron chi connectivity index (χ0n) is 7.96. The Bertz CT molecular complexity index is 630. The van der Waals surface area contributed by atoms with Crippen molar-refractivity contribution in [2.24, 2.45) is 0 Å². The fourth-order valence-electron chi connectivity index (χ4n) is 1.34. The normalized spacial score (nSPS) is 11.1. The molecular weight excluding hydrogens is 246 g/mol. The van der Waals surface area contributed by atoms with Crippen LogP contribution in [0.5, 0.6) is 0 Å². The Labute approximate surface area is 99.5 Å². The molecule has 0 bridgehead atoms. The maximum atomic E-state index is 5.95. The summed E-state index contributed by atoms with van der Waals surface area (Å²) in [4.78, 5) is 0.753. The van der Waals surface area contributed by atoms with Gasteiger partial charge in [0.15, 0.2) is 0 Å². The van der Waals surface area contributed by atoms with E-state index in [9.17, 15) is 0 Å². The van der Waals surface area contributed by atoms with E-state index in [1.165, 1.54) is 11.3 Å². The Hall–Kier alpha value is -1.66. The highest BCUT2D eigenvalue weighted by Crippen LogP contribution is 2.29. The van der Waals surface area contributed by atoms with Gasteiger partial charge >= 0.3 is 0 Å². The van der Waals surface area contributed by atoms with Crippen molar-refractivity contribution in [3.8, 4) is 10.6 Å². The average Bonchev–Trinajstić information content (AvgIpc) is 2.81. The molecule has 0 aliphatic carbocycles. The molecule has 3 aromatic rings. The van der Waals surface area contributed by atoms with Crippen LogP contribution in [0.1, 0.15) is 0 Å². The quantitative estimate of drug-likeness (QED) is 0.673. The zero-order chi connectivity index (χ0) is 11.1. The third-order valence-electron chi connectivity index (χ3n) is 2.13. The van der Waals surface area contributed by atoms with Gasteiger partial charge in [-0.3, -0.25) is 0 Å². The number of rotatable bonds is 1. The molecule has 0 aliphatic heterocycles. The van der Waals surface area contributed by atoms with Gasteiger partial charge in [0, 0.05) is 5.56 Å². The van der Waals surface area contributed by atoms with Crippen LogP contribution in [0.4, 0.5) is 5.69 Å². The highest BCUT2D eigenvalue weighted by Gasteiger charge is 2.08. The lowest BCUT2D eigenvalue weighted by Crippen LogP contribution is -1.87. The van der Waals surface area contributed by atoms with Crippen molar-refractivity contribution in [2.75, 3.05) is 5.73 Å². The molecule has 1 aromatic carbocycles. The number of aromatic nitrogens is 4. The lowest BCUT2D eigenvalue weighted by atomic mass is 10.2. The number of nitrogen functional groups attached to an aromatic ring is 1. The first-order valence-electron chi connectivity index (χ1n) is 4.46. The van der Waals surface area contributed by atoms with E-state index >= 15 is 0 Å². The second kappa shape index (κ2) is 3.43. The molecule has 16 heavy (non-hydrogen) atoms. The predicted molar refractivity (Wildman–Crippen MR) is 63.5 cm³/mol. The Kier molecular flexibility index (Phi) is 2.05. The number of nitrogens with two attached hydrogens (primary N) is 1. The standard InChI is InChI=1S/C9H6ClN5S/c10-6-3-5(1-2-7(6)11)8-14-15-4-12-13-9(15)16-8/h1-4H,11H2. The summed E-state index contributed by atoms with van der Waals surface area (Å²) in [6, 6.07) is 5.44. The van der Waals surface area contributed by atoms with Crippen molar-refractivity contribution in [1.82, 2.24) is 19.8 Å². The van der Waals surface area contributed by atoms with E-state index in [2.05, 4.69) is 15.3 Å². The minimum Gasteiger partial charge on any atom is -0.398 e.